The summed E-state index contributed by atoms with van der Waals surface area (Å²) in [5.41, 5.74) is 0.177. The Morgan fingerprint density at radius 2 is 1.96 bits per heavy atom. The van der Waals surface area contributed by atoms with Crippen LogP contribution in [0.1, 0.15) is 79.6 Å². The largest absolute Gasteiger partial charge is 0.435 e. The molecule has 0 N–H and O–H groups in total. The van der Waals surface area contributed by atoms with Crippen molar-refractivity contribution in [3.63, 3.8) is 0 Å². The monoisotopic (exact) mass is 377 g/mol. The van der Waals surface area contributed by atoms with Crippen LogP contribution in [0.15, 0.2) is 0 Å². The first-order valence-electron chi connectivity index (χ1n) is 11.4. The van der Waals surface area contributed by atoms with E-state index in [1.165, 1.54) is 25.7 Å². The second-order valence-corrected chi connectivity index (χ2v) is 10.7. The molecule has 0 radical (unpaired) electrons. The van der Waals surface area contributed by atoms with E-state index in [-0.39, 0.29) is 35.7 Å². The number of rotatable bonds is 3. The lowest BCUT2D eigenvalue weighted by Crippen LogP contribution is -2.50. The average molecular weight is 378 g/mol. The van der Waals surface area contributed by atoms with Crippen LogP contribution in [0.3, 0.4) is 0 Å². The van der Waals surface area contributed by atoms with Crippen molar-refractivity contribution < 1.29 is 14.3 Å². The van der Waals surface area contributed by atoms with Gasteiger partial charge in [0.15, 0.2) is 0 Å². The molecule has 4 nitrogen and oxygen atoms in total. The maximum absolute atomic E-state index is 12.8. The summed E-state index contributed by atoms with van der Waals surface area (Å²) in [6, 6.07) is 0.433. The standard InChI is InChI=1S/C23H39NO3/c1-14(2)16-9-8-15(3)13-19(16)26-22-20-17(21(25)27-22)10-11-23(4,5)24-12-6-7-18(20)24/h14-20,22H,6-13H2,1-5H3/t15-,16+,17+,18+,19-,20+,22-/m1/s1. The second-order valence-electron chi connectivity index (χ2n) is 10.7. The second kappa shape index (κ2) is 7.33. The molecule has 4 rings (SSSR count). The molecular weight excluding hydrogens is 338 g/mol. The Bertz CT molecular complexity index is 560. The quantitative estimate of drug-likeness (QED) is 0.673. The van der Waals surface area contributed by atoms with E-state index in [9.17, 15) is 4.79 Å². The summed E-state index contributed by atoms with van der Waals surface area (Å²) in [7, 11) is 0. The van der Waals surface area contributed by atoms with Crippen molar-refractivity contribution in [3.05, 3.63) is 0 Å². The van der Waals surface area contributed by atoms with Crippen LogP contribution >= 0.6 is 0 Å². The van der Waals surface area contributed by atoms with Crippen LogP contribution in [0.2, 0.25) is 0 Å². The van der Waals surface area contributed by atoms with Gasteiger partial charge in [0.1, 0.15) is 0 Å². The van der Waals surface area contributed by atoms with Crippen LogP contribution in [0.25, 0.3) is 0 Å². The Hall–Kier alpha value is -0.610. The minimum absolute atomic E-state index is 0.000458. The molecule has 0 amide bonds. The molecule has 4 aliphatic rings. The van der Waals surface area contributed by atoms with Crippen molar-refractivity contribution in [2.45, 2.75) is 104 Å². The molecule has 3 heterocycles. The van der Waals surface area contributed by atoms with Crippen LogP contribution < -0.4 is 0 Å². The smallest absolute Gasteiger partial charge is 0.311 e. The Morgan fingerprint density at radius 1 is 1.19 bits per heavy atom. The fourth-order valence-electron chi connectivity index (χ4n) is 6.55. The highest BCUT2D eigenvalue weighted by molar-refractivity contribution is 5.75. The van der Waals surface area contributed by atoms with Crippen LogP contribution in [-0.4, -0.2) is 41.4 Å². The lowest BCUT2D eigenvalue weighted by atomic mass is 9.75. The van der Waals surface area contributed by atoms with Crippen molar-refractivity contribution in [2.75, 3.05) is 6.54 Å². The minimum Gasteiger partial charge on any atom is -0.435 e. The number of carbonyl (C=O) groups excluding carboxylic acids is 1. The first-order chi connectivity index (χ1) is 12.8. The zero-order valence-corrected chi connectivity index (χ0v) is 17.9. The molecule has 7 atom stereocenters. The fraction of sp³-hybridized carbons (Fsp3) is 0.957. The van der Waals surface area contributed by atoms with Gasteiger partial charge in [0.2, 0.25) is 6.29 Å². The van der Waals surface area contributed by atoms with Gasteiger partial charge in [-0.1, -0.05) is 27.2 Å². The third-order valence-corrected chi connectivity index (χ3v) is 8.17. The molecule has 1 aliphatic carbocycles. The highest BCUT2D eigenvalue weighted by Crippen LogP contribution is 2.48. The molecule has 27 heavy (non-hydrogen) atoms. The number of ether oxygens (including phenoxy) is 2. The van der Waals surface area contributed by atoms with Gasteiger partial charge in [-0.25, -0.2) is 0 Å². The van der Waals surface area contributed by atoms with E-state index >= 15 is 0 Å². The third kappa shape index (κ3) is 3.57. The first-order valence-corrected chi connectivity index (χ1v) is 11.4. The van der Waals surface area contributed by atoms with Crippen LogP contribution in [0.5, 0.6) is 0 Å². The van der Waals surface area contributed by atoms with E-state index in [1.807, 2.05) is 0 Å². The van der Waals surface area contributed by atoms with E-state index in [4.69, 9.17) is 9.47 Å². The normalized spacial score (nSPS) is 44.7. The summed E-state index contributed by atoms with van der Waals surface area (Å²) >= 11 is 0. The van der Waals surface area contributed by atoms with E-state index in [0.717, 1.165) is 25.8 Å². The Balaban J connectivity index is 1.57. The van der Waals surface area contributed by atoms with E-state index in [1.54, 1.807) is 0 Å². The summed E-state index contributed by atoms with van der Waals surface area (Å²) in [5.74, 6) is 2.15. The van der Waals surface area contributed by atoms with E-state index < -0.39 is 0 Å². The minimum atomic E-state index is -0.335. The number of fused-ring (bicyclic) bond motifs is 3. The van der Waals surface area contributed by atoms with Crippen molar-refractivity contribution in [1.82, 2.24) is 4.90 Å². The van der Waals surface area contributed by atoms with Gasteiger partial charge in [0.05, 0.1) is 17.9 Å². The molecule has 0 spiro atoms. The molecule has 3 aliphatic heterocycles. The molecule has 1 saturated carbocycles. The number of esters is 1. The van der Waals surface area contributed by atoms with Gasteiger partial charge in [-0.15, -0.1) is 0 Å². The molecule has 0 aromatic heterocycles. The van der Waals surface area contributed by atoms with Gasteiger partial charge in [0.25, 0.3) is 0 Å². The average Bonchev–Trinajstić information content (AvgIpc) is 3.15. The van der Waals surface area contributed by atoms with Crippen molar-refractivity contribution in [3.8, 4) is 0 Å². The number of carbonyl (C=O) groups is 1. The SMILES string of the molecule is CC(C)[C@@H]1CC[C@@H](C)C[C@H]1O[C@@H]1OC(=O)[C@H]2CCC(C)(C)N3CCC[C@H]3[C@@H]12. The third-order valence-electron chi connectivity index (χ3n) is 8.17. The maximum atomic E-state index is 12.8. The predicted molar refractivity (Wildman–Crippen MR) is 106 cm³/mol. The Morgan fingerprint density at radius 3 is 2.70 bits per heavy atom. The number of hydrogen-bond acceptors (Lipinski definition) is 4. The molecule has 154 valence electrons. The number of hydrogen-bond donors (Lipinski definition) is 0. The van der Waals surface area contributed by atoms with E-state index in [2.05, 4.69) is 39.5 Å². The van der Waals surface area contributed by atoms with E-state index in [0.29, 0.717) is 23.8 Å². The summed E-state index contributed by atoms with van der Waals surface area (Å²) < 4.78 is 12.6. The molecular formula is C23H39NO3. The summed E-state index contributed by atoms with van der Waals surface area (Å²) in [4.78, 5) is 15.4. The molecule has 4 fully saturated rings. The van der Waals surface area contributed by atoms with Gasteiger partial charge >= 0.3 is 5.97 Å². The fourth-order valence-corrected chi connectivity index (χ4v) is 6.55. The summed E-state index contributed by atoms with van der Waals surface area (Å²) in [6.45, 7) is 12.8. The predicted octanol–water partition coefficient (Wildman–Crippen LogP) is 4.62. The molecule has 3 saturated heterocycles. The lowest BCUT2D eigenvalue weighted by molar-refractivity contribution is -0.201. The maximum Gasteiger partial charge on any atom is 0.311 e. The molecule has 4 heteroatoms. The van der Waals surface area contributed by atoms with Gasteiger partial charge in [-0.3, -0.25) is 9.69 Å². The van der Waals surface area contributed by atoms with Crippen molar-refractivity contribution in [2.24, 2.45) is 29.6 Å². The summed E-state index contributed by atoms with van der Waals surface area (Å²) in [5, 5.41) is 0. The highest BCUT2D eigenvalue weighted by Gasteiger charge is 2.56. The van der Waals surface area contributed by atoms with Gasteiger partial charge < -0.3 is 9.47 Å². The summed E-state index contributed by atoms with van der Waals surface area (Å²) in [6.07, 6.45) is 7.96. The lowest BCUT2D eigenvalue weighted by Gasteiger charge is -2.42. The number of nitrogens with zero attached hydrogens (tertiary/aromatic N) is 1. The van der Waals surface area contributed by atoms with Gasteiger partial charge in [-0.05, 0) is 76.7 Å². The molecule has 0 bridgehead atoms. The zero-order chi connectivity index (χ0) is 19.3. The molecule has 0 aromatic rings. The van der Waals surface area contributed by atoms with Crippen molar-refractivity contribution in [1.29, 1.82) is 0 Å². The van der Waals surface area contributed by atoms with Gasteiger partial charge in [0, 0.05) is 11.6 Å². The Kier molecular flexibility index (Phi) is 5.35. The van der Waals surface area contributed by atoms with Crippen molar-refractivity contribution >= 4 is 5.97 Å². The van der Waals surface area contributed by atoms with Crippen LogP contribution in [0, 0.1) is 29.6 Å². The van der Waals surface area contributed by atoms with Gasteiger partial charge in [-0.2, -0.15) is 0 Å². The topological polar surface area (TPSA) is 38.8 Å². The Labute approximate surface area is 165 Å². The van der Waals surface area contributed by atoms with Crippen LogP contribution in [0.4, 0.5) is 0 Å². The van der Waals surface area contributed by atoms with Crippen LogP contribution in [-0.2, 0) is 14.3 Å². The molecule has 0 aromatic carbocycles. The molecule has 0 unspecified atom stereocenters. The number of cyclic esters (lactones) is 1. The first kappa shape index (κ1) is 19.7. The zero-order valence-electron chi connectivity index (χ0n) is 17.9. The highest BCUT2D eigenvalue weighted by atomic mass is 16.7.